The highest BCUT2D eigenvalue weighted by molar-refractivity contribution is 7.98. The Hall–Kier alpha value is -3.05. The van der Waals surface area contributed by atoms with E-state index in [2.05, 4.69) is 20.9 Å². The molecule has 0 fully saturated rings. The summed E-state index contributed by atoms with van der Waals surface area (Å²) in [6.45, 7) is 7.66. The van der Waals surface area contributed by atoms with Gasteiger partial charge in [0.25, 0.3) is 0 Å². The van der Waals surface area contributed by atoms with Crippen LogP contribution in [0.1, 0.15) is 52.5 Å². The summed E-state index contributed by atoms with van der Waals surface area (Å²) in [6.07, 6.45) is 4.87. The van der Waals surface area contributed by atoms with Crippen LogP contribution in [0, 0.1) is 11.8 Å². The number of benzene rings is 1. The number of aromatic nitrogens is 1. The van der Waals surface area contributed by atoms with Crippen molar-refractivity contribution < 1.29 is 24.3 Å². The lowest BCUT2D eigenvalue weighted by Crippen LogP contribution is -2.57. The second kappa shape index (κ2) is 15.5. The minimum Gasteiger partial charge on any atom is -0.480 e. The van der Waals surface area contributed by atoms with Gasteiger partial charge in [-0.15, -0.1) is 0 Å². The van der Waals surface area contributed by atoms with Gasteiger partial charge in [-0.25, -0.2) is 4.79 Å². The van der Waals surface area contributed by atoms with E-state index in [4.69, 9.17) is 5.73 Å². The third kappa shape index (κ3) is 10.2. The molecule has 0 aliphatic rings. The van der Waals surface area contributed by atoms with E-state index in [1.807, 2.05) is 58.2 Å². The molecule has 216 valence electrons. The van der Waals surface area contributed by atoms with E-state index in [0.29, 0.717) is 18.6 Å². The lowest BCUT2D eigenvalue weighted by Gasteiger charge is -2.26. The summed E-state index contributed by atoms with van der Waals surface area (Å²) in [5.41, 5.74) is 7.83. The number of thioether (sulfide) groups is 1. The molecule has 1 heterocycles. The van der Waals surface area contributed by atoms with E-state index in [0.717, 1.165) is 16.5 Å². The standard InChI is InChI=1S/C28H43N5O5S/c1-16(2)12-20(29)25(34)32-23(14-18-15-30-21-9-7-6-8-19(18)21)27(36)31-22(10-11-39-5)26(35)33-24(28(37)38)13-17(3)4/h6-9,15-17,20,22-24,30H,10-14,29H2,1-5H3,(H,31,36)(H,32,34)(H,33,35)(H,37,38). The van der Waals surface area contributed by atoms with Crippen LogP contribution in [0.5, 0.6) is 0 Å². The van der Waals surface area contributed by atoms with Gasteiger partial charge in [0.2, 0.25) is 17.7 Å². The molecule has 4 atom stereocenters. The Kier molecular flexibility index (Phi) is 12.8. The summed E-state index contributed by atoms with van der Waals surface area (Å²) in [5, 5.41) is 18.6. The third-order valence-corrected chi connectivity index (χ3v) is 7.00. The lowest BCUT2D eigenvalue weighted by molar-refractivity contribution is -0.142. The van der Waals surface area contributed by atoms with Gasteiger partial charge in [-0.05, 0) is 54.7 Å². The molecule has 10 nitrogen and oxygen atoms in total. The van der Waals surface area contributed by atoms with Crippen molar-refractivity contribution in [2.75, 3.05) is 12.0 Å². The van der Waals surface area contributed by atoms with Crippen LogP contribution < -0.4 is 21.7 Å². The predicted octanol–water partition coefficient (Wildman–Crippen LogP) is 2.42. The van der Waals surface area contributed by atoms with E-state index >= 15 is 0 Å². The molecule has 0 bridgehead atoms. The van der Waals surface area contributed by atoms with Gasteiger partial charge >= 0.3 is 5.97 Å². The molecule has 0 aliphatic heterocycles. The Morgan fingerprint density at radius 2 is 1.49 bits per heavy atom. The van der Waals surface area contributed by atoms with Gasteiger partial charge in [0, 0.05) is 23.5 Å². The van der Waals surface area contributed by atoms with Gasteiger partial charge in [-0.1, -0.05) is 45.9 Å². The predicted molar refractivity (Wildman–Crippen MR) is 155 cm³/mol. The number of aromatic amines is 1. The van der Waals surface area contributed by atoms with Crippen LogP contribution in [0.25, 0.3) is 10.9 Å². The van der Waals surface area contributed by atoms with Crippen LogP contribution in [0.15, 0.2) is 30.5 Å². The zero-order chi connectivity index (χ0) is 29.1. The van der Waals surface area contributed by atoms with E-state index in [1.165, 1.54) is 11.8 Å². The summed E-state index contributed by atoms with van der Waals surface area (Å²) in [5.74, 6) is -1.87. The van der Waals surface area contributed by atoms with E-state index in [1.54, 1.807) is 6.20 Å². The number of hydrogen-bond donors (Lipinski definition) is 6. The highest BCUT2D eigenvalue weighted by atomic mass is 32.2. The number of rotatable bonds is 16. The Morgan fingerprint density at radius 3 is 2.10 bits per heavy atom. The topological polar surface area (TPSA) is 166 Å². The SMILES string of the molecule is CSCCC(NC(=O)C(Cc1c[nH]c2ccccc12)NC(=O)C(N)CC(C)C)C(=O)NC(CC(C)C)C(=O)O. The van der Waals surface area contributed by atoms with Crippen molar-refractivity contribution in [2.24, 2.45) is 17.6 Å². The zero-order valence-corrected chi connectivity index (χ0v) is 24.3. The molecule has 1 aromatic heterocycles. The molecule has 0 aliphatic carbocycles. The highest BCUT2D eigenvalue weighted by Crippen LogP contribution is 2.19. The maximum atomic E-state index is 13.6. The highest BCUT2D eigenvalue weighted by Gasteiger charge is 2.31. The number of carbonyl (C=O) groups is 4. The summed E-state index contributed by atoms with van der Waals surface area (Å²) in [6, 6.07) is 3.83. The van der Waals surface area contributed by atoms with Crippen molar-refractivity contribution in [1.29, 1.82) is 0 Å². The molecule has 2 rings (SSSR count). The summed E-state index contributed by atoms with van der Waals surface area (Å²) >= 11 is 1.51. The number of nitrogens with one attached hydrogen (secondary N) is 4. The number of carboxylic acid groups (broad SMARTS) is 1. The molecule has 7 N–H and O–H groups in total. The van der Waals surface area contributed by atoms with E-state index < -0.39 is 47.9 Å². The maximum absolute atomic E-state index is 13.6. The zero-order valence-electron chi connectivity index (χ0n) is 23.5. The number of carbonyl (C=O) groups excluding carboxylic acids is 3. The van der Waals surface area contributed by atoms with Gasteiger partial charge in [-0.3, -0.25) is 14.4 Å². The van der Waals surface area contributed by atoms with Crippen molar-refractivity contribution in [3.05, 3.63) is 36.0 Å². The Morgan fingerprint density at radius 1 is 0.897 bits per heavy atom. The maximum Gasteiger partial charge on any atom is 0.326 e. The number of para-hydroxylation sites is 1. The molecular formula is C28H43N5O5S. The molecule has 4 unspecified atom stereocenters. The summed E-state index contributed by atoms with van der Waals surface area (Å²) in [4.78, 5) is 54.5. The van der Waals surface area contributed by atoms with Gasteiger partial charge in [0.15, 0.2) is 0 Å². The first-order valence-electron chi connectivity index (χ1n) is 13.4. The first-order valence-corrected chi connectivity index (χ1v) is 14.8. The van der Waals surface area contributed by atoms with Crippen LogP contribution in [-0.2, 0) is 25.6 Å². The minimum absolute atomic E-state index is 0.0523. The van der Waals surface area contributed by atoms with Gasteiger partial charge < -0.3 is 31.8 Å². The first-order chi connectivity index (χ1) is 18.4. The molecule has 0 saturated carbocycles. The first kappa shape index (κ1) is 32.2. The normalized spacial score (nSPS) is 14.6. The molecule has 0 radical (unpaired) electrons. The molecule has 1 aromatic carbocycles. The average Bonchev–Trinajstić information content (AvgIpc) is 3.27. The number of aliphatic carboxylic acids is 1. The fourth-order valence-electron chi connectivity index (χ4n) is 4.37. The molecule has 39 heavy (non-hydrogen) atoms. The van der Waals surface area contributed by atoms with Crippen LogP contribution in [0.3, 0.4) is 0 Å². The van der Waals surface area contributed by atoms with Crippen molar-refractivity contribution in [1.82, 2.24) is 20.9 Å². The largest absolute Gasteiger partial charge is 0.480 e. The van der Waals surface area contributed by atoms with Gasteiger partial charge in [0.05, 0.1) is 6.04 Å². The molecule has 0 spiro atoms. The van der Waals surface area contributed by atoms with Crippen molar-refractivity contribution in [3.8, 4) is 0 Å². The van der Waals surface area contributed by atoms with Crippen LogP contribution in [0.2, 0.25) is 0 Å². The van der Waals surface area contributed by atoms with Crippen LogP contribution in [-0.4, -0.2) is 70.0 Å². The monoisotopic (exact) mass is 561 g/mol. The van der Waals surface area contributed by atoms with Crippen LogP contribution in [0.4, 0.5) is 0 Å². The van der Waals surface area contributed by atoms with Gasteiger partial charge in [-0.2, -0.15) is 11.8 Å². The minimum atomic E-state index is -1.13. The Balaban J connectivity index is 2.28. The number of carboxylic acids is 1. The summed E-state index contributed by atoms with van der Waals surface area (Å²) < 4.78 is 0. The second-order valence-electron chi connectivity index (χ2n) is 10.7. The van der Waals surface area contributed by atoms with E-state index in [9.17, 15) is 24.3 Å². The number of amides is 3. The number of H-pyrrole nitrogens is 1. The smallest absolute Gasteiger partial charge is 0.326 e. The number of nitrogens with two attached hydrogens (primary N) is 1. The average molecular weight is 562 g/mol. The van der Waals surface area contributed by atoms with Crippen molar-refractivity contribution in [3.63, 3.8) is 0 Å². The van der Waals surface area contributed by atoms with Crippen molar-refractivity contribution in [2.45, 2.75) is 77.5 Å². The molecule has 2 aromatic rings. The Labute approximate surface area is 234 Å². The van der Waals surface area contributed by atoms with Crippen LogP contribution >= 0.6 is 11.8 Å². The molecular weight excluding hydrogens is 518 g/mol. The fourth-order valence-corrected chi connectivity index (χ4v) is 4.84. The molecule has 0 saturated heterocycles. The molecule has 3 amide bonds. The Bertz CT molecular complexity index is 1120. The van der Waals surface area contributed by atoms with E-state index in [-0.39, 0.29) is 24.7 Å². The molecule has 11 heteroatoms. The second-order valence-corrected chi connectivity index (χ2v) is 11.7. The quantitative estimate of drug-likeness (QED) is 0.183. The lowest BCUT2D eigenvalue weighted by atomic mass is 10.0. The number of fused-ring (bicyclic) bond motifs is 1. The number of hydrogen-bond acceptors (Lipinski definition) is 6. The third-order valence-electron chi connectivity index (χ3n) is 6.36. The van der Waals surface area contributed by atoms with Gasteiger partial charge in [0.1, 0.15) is 18.1 Å². The fraction of sp³-hybridized carbons (Fsp3) is 0.571. The van der Waals surface area contributed by atoms with Crippen molar-refractivity contribution >= 4 is 46.4 Å². The summed E-state index contributed by atoms with van der Waals surface area (Å²) in [7, 11) is 0.